The van der Waals surface area contributed by atoms with Gasteiger partial charge in [-0.2, -0.15) is 0 Å². The molecule has 3 N–H and O–H groups in total. The molecular weight excluding hydrogens is 336 g/mol. The van der Waals surface area contributed by atoms with E-state index in [0.717, 1.165) is 27.8 Å². The van der Waals surface area contributed by atoms with Crippen molar-refractivity contribution in [2.24, 2.45) is 0 Å². The summed E-state index contributed by atoms with van der Waals surface area (Å²) in [7, 11) is 0. The molecule has 27 heavy (non-hydrogen) atoms. The predicted octanol–water partition coefficient (Wildman–Crippen LogP) is 5.53. The number of benzene rings is 3. The average Bonchev–Trinajstić information content (AvgIpc) is 2.60. The number of phenols is 3. The summed E-state index contributed by atoms with van der Waals surface area (Å²) in [4.78, 5) is 0. The molecule has 3 heteroatoms. The maximum Gasteiger partial charge on any atom is 0.122 e. The van der Waals surface area contributed by atoms with Crippen LogP contribution in [-0.2, 0) is 0 Å². The van der Waals surface area contributed by atoms with Gasteiger partial charge in [0.1, 0.15) is 17.2 Å². The molecule has 3 nitrogen and oxygen atoms in total. The van der Waals surface area contributed by atoms with Gasteiger partial charge >= 0.3 is 0 Å². The van der Waals surface area contributed by atoms with Crippen LogP contribution in [0.1, 0.15) is 50.4 Å². The Labute approximate surface area is 160 Å². The van der Waals surface area contributed by atoms with E-state index >= 15 is 0 Å². The van der Waals surface area contributed by atoms with E-state index < -0.39 is 5.92 Å². The zero-order valence-corrected chi connectivity index (χ0v) is 16.5. The first-order valence-corrected chi connectivity index (χ1v) is 9.09. The molecule has 0 bridgehead atoms. The Kier molecular flexibility index (Phi) is 4.88. The first kappa shape index (κ1) is 18.8. The van der Waals surface area contributed by atoms with Crippen molar-refractivity contribution in [1.29, 1.82) is 0 Å². The van der Waals surface area contributed by atoms with Gasteiger partial charge < -0.3 is 15.3 Å². The SMILES string of the molecule is Cc1ccc(C(c2ccc(C)cc2O)c2cc(C)c(C)c(C)c2O)c(O)c1. The topological polar surface area (TPSA) is 60.7 Å². The fraction of sp³-hybridized carbons (Fsp3) is 0.250. The van der Waals surface area contributed by atoms with Gasteiger partial charge in [0, 0.05) is 22.6 Å². The minimum absolute atomic E-state index is 0.148. The third-order valence-corrected chi connectivity index (χ3v) is 5.46. The molecule has 3 rings (SSSR count). The standard InChI is InChI=1S/C24H26O3/c1-13-6-8-18(21(25)10-13)23(19-9-7-14(2)11-22(19)26)20-12-15(3)16(4)17(5)24(20)27/h6-12,23,25-27H,1-5H3. The van der Waals surface area contributed by atoms with Gasteiger partial charge in [-0.1, -0.05) is 30.3 Å². The molecule has 0 aliphatic rings. The van der Waals surface area contributed by atoms with Crippen LogP contribution in [0.5, 0.6) is 17.2 Å². The van der Waals surface area contributed by atoms with Crippen molar-refractivity contribution >= 4 is 0 Å². The molecule has 0 amide bonds. The number of aromatic hydroxyl groups is 3. The molecule has 0 aliphatic carbocycles. The minimum atomic E-state index is -0.482. The molecule has 0 fully saturated rings. The number of rotatable bonds is 3. The van der Waals surface area contributed by atoms with Crippen LogP contribution in [0.15, 0.2) is 42.5 Å². The Balaban J connectivity index is 2.35. The Morgan fingerprint density at radius 3 is 1.52 bits per heavy atom. The van der Waals surface area contributed by atoms with E-state index in [4.69, 9.17) is 0 Å². The lowest BCUT2D eigenvalue weighted by Crippen LogP contribution is -2.07. The summed E-state index contributed by atoms with van der Waals surface area (Å²) in [5.41, 5.74) is 6.78. The van der Waals surface area contributed by atoms with Gasteiger partial charge in [0.25, 0.3) is 0 Å². The highest BCUT2D eigenvalue weighted by atomic mass is 16.3. The Morgan fingerprint density at radius 1 is 0.593 bits per heavy atom. The molecule has 3 aromatic rings. The summed E-state index contributed by atoms with van der Waals surface area (Å²) in [5.74, 6) is 0.0118. The predicted molar refractivity (Wildman–Crippen MR) is 109 cm³/mol. The highest BCUT2D eigenvalue weighted by Crippen LogP contribution is 2.45. The summed E-state index contributed by atoms with van der Waals surface area (Å²) in [5, 5.41) is 32.2. The fourth-order valence-corrected chi connectivity index (χ4v) is 3.62. The van der Waals surface area contributed by atoms with Crippen LogP contribution in [0.25, 0.3) is 0 Å². The molecule has 0 saturated heterocycles. The zero-order chi connectivity index (χ0) is 19.9. The minimum Gasteiger partial charge on any atom is -0.508 e. The van der Waals surface area contributed by atoms with Crippen molar-refractivity contribution in [2.75, 3.05) is 0 Å². The molecule has 0 atom stereocenters. The Hall–Kier alpha value is -2.94. The van der Waals surface area contributed by atoms with E-state index in [9.17, 15) is 15.3 Å². The Morgan fingerprint density at radius 2 is 1.07 bits per heavy atom. The highest BCUT2D eigenvalue weighted by Gasteiger charge is 2.27. The highest BCUT2D eigenvalue weighted by molar-refractivity contribution is 5.60. The summed E-state index contributed by atoms with van der Waals surface area (Å²) in [6, 6.07) is 12.9. The molecule has 0 aliphatic heterocycles. The van der Waals surface area contributed by atoms with E-state index in [1.54, 1.807) is 12.1 Å². The average molecular weight is 362 g/mol. The van der Waals surface area contributed by atoms with E-state index in [-0.39, 0.29) is 17.2 Å². The first-order chi connectivity index (χ1) is 12.7. The molecular formula is C24H26O3. The zero-order valence-electron chi connectivity index (χ0n) is 16.5. The van der Waals surface area contributed by atoms with Gasteiger partial charge in [-0.25, -0.2) is 0 Å². The smallest absolute Gasteiger partial charge is 0.122 e. The molecule has 0 aromatic heterocycles. The lowest BCUT2D eigenvalue weighted by atomic mass is 9.81. The first-order valence-electron chi connectivity index (χ1n) is 9.09. The van der Waals surface area contributed by atoms with Crippen molar-refractivity contribution < 1.29 is 15.3 Å². The van der Waals surface area contributed by atoms with Gasteiger partial charge in [-0.3, -0.25) is 0 Å². The van der Waals surface area contributed by atoms with Gasteiger partial charge in [0.05, 0.1) is 0 Å². The van der Waals surface area contributed by atoms with Crippen molar-refractivity contribution in [3.05, 3.63) is 87.0 Å². The van der Waals surface area contributed by atoms with Crippen LogP contribution in [0.4, 0.5) is 0 Å². The van der Waals surface area contributed by atoms with Gasteiger partial charge in [0.15, 0.2) is 0 Å². The van der Waals surface area contributed by atoms with Crippen LogP contribution in [0, 0.1) is 34.6 Å². The summed E-state index contributed by atoms with van der Waals surface area (Å²) in [6.45, 7) is 9.71. The van der Waals surface area contributed by atoms with Crippen molar-refractivity contribution in [3.8, 4) is 17.2 Å². The van der Waals surface area contributed by atoms with Crippen LogP contribution in [0.3, 0.4) is 0 Å². The quantitative estimate of drug-likeness (QED) is 0.537. The van der Waals surface area contributed by atoms with Gasteiger partial charge in [0.2, 0.25) is 0 Å². The molecule has 140 valence electrons. The van der Waals surface area contributed by atoms with Crippen molar-refractivity contribution in [3.63, 3.8) is 0 Å². The molecule has 0 saturated carbocycles. The number of aryl methyl sites for hydroxylation is 3. The second-order valence-electron chi connectivity index (χ2n) is 7.44. The van der Waals surface area contributed by atoms with Gasteiger partial charge in [-0.05, 0) is 74.6 Å². The van der Waals surface area contributed by atoms with Crippen molar-refractivity contribution in [1.82, 2.24) is 0 Å². The molecule has 0 heterocycles. The third-order valence-electron chi connectivity index (χ3n) is 5.46. The third kappa shape index (κ3) is 3.37. The van der Waals surface area contributed by atoms with E-state index in [0.29, 0.717) is 16.7 Å². The number of hydrogen-bond acceptors (Lipinski definition) is 3. The molecule has 0 unspecified atom stereocenters. The Bertz CT molecular complexity index is 967. The van der Waals surface area contributed by atoms with Crippen LogP contribution in [0.2, 0.25) is 0 Å². The number of hydrogen-bond donors (Lipinski definition) is 3. The molecule has 0 radical (unpaired) electrons. The second-order valence-corrected chi connectivity index (χ2v) is 7.44. The molecule has 0 spiro atoms. The molecule has 3 aromatic carbocycles. The van der Waals surface area contributed by atoms with E-state index in [1.165, 1.54) is 0 Å². The van der Waals surface area contributed by atoms with E-state index in [2.05, 4.69) is 0 Å². The second kappa shape index (κ2) is 6.99. The summed E-state index contributed by atoms with van der Waals surface area (Å²) in [6.07, 6.45) is 0. The number of phenolic OH excluding ortho intramolecular Hbond substituents is 3. The monoisotopic (exact) mass is 362 g/mol. The lowest BCUT2D eigenvalue weighted by molar-refractivity contribution is 0.448. The largest absolute Gasteiger partial charge is 0.508 e. The van der Waals surface area contributed by atoms with Gasteiger partial charge in [-0.15, -0.1) is 0 Å². The maximum absolute atomic E-state index is 10.9. The normalized spacial score (nSPS) is 11.2. The summed E-state index contributed by atoms with van der Waals surface area (Å²) < 4.78 is 0. The fourth-order valence-electron chi connectivity index (χ4n) is 3.62. The maximum atomic E-state index is 10.9. The van der Waals surface area contributed by atoms with Crippen molar-refractivity contribution in [2.45, 2.75) is 40.5 Å². The van der Waals surface area contributed by atoms with Crippen LogP contribution in [-0.4, -0.2) is 15.3 Å². The van der Waals surface area contributed by atoms with Crippen LogP contribution >= 0.6 is 0 Å². The lowest BCUT2D eigenvalue weighted by Gasteiger charge is -2.24. The van der Waals surface area contributed by atoms with E-state index in [1.807, 2.05) is 65.0 Å². The van der Waals surface area contributed by atoms with Crippen LogP contribution < -0.4 is 0 Å². The summed E-state index contributed by atoms with van der Waals surface area (Å²) >= 11 is 0.